The lowest BCUT2D eigenvalue weighted by atomic mass is 10.1. The zero-order valence-corrected chi connectivity index (χ0v) is 10.5. The molecule has 0 amide bonds. The fraction of sp³-hybridized carbons (Fsp3) is 0.538. The largest absolute Gasteiger partial charge is 0.329 e. The van der Waals surface area contributed by atoms with E-state index < -0.39 is 0 Å². The molecule has 1 aliphatic rings. The summed E-state index contributed by atoms with van der Waals surface area (Å²) in [7, 11) is 0. The molecular formula is C13H19ClN2. The van der Waals surface area contributed by atoms with E-state index in [2.05, 4.69) is 23.1 Å². The molecule has 0 aliphatic carbocycles. The van der Waals surface area contributed by atoms with Crippen molar-refractivity contribution in [1.29, 1.82) is 0 Å². The first-order valence-electron chi connectivity index (χ1n) is 5.90. The summed E-state index contributed by atoms with van der Waals surface area (Å²) in [6.07, 6.45) is 2.50. The number of hydrogen-bond acceptors (Lipinski definition) is 2. The van der Waals surface area contributed by atoms with Gasteiger partial charge in [-0.3, -0.25) is 4.90 Å². The summed E-state index contributed by atoms with van der Waals surface area (Å²) >= 11 is 6.13. The molecule has 2 N–H and O–H groups in total. The van der Waals surface area contributed by atoms with Gasteiger partial charge in [0.15, 0.2) is 0 Å². The monoisotopic (exact) mass is 238 g/mol. The van der Waals surface area contributed by atoms with Crippen LogP contribution in [0.5, 0.6) is 0 Å². The van der Waals surface area contributed by atoms with Crippen molar-refractivity contribution in [2.45, 2.75) is 32.4 Å². The van der Waals surface area contributed by atoms with E-state index in [0.29, 0.717) is 6.04 Å². The van der Waals surface area contributed by atoms with Crippen LogP contribution in [-0.4, -0.2) is 24.0 Å². The molecule has 1 aliphatic heterocycles. The predicted octanol–water partition coefficient (Wildman–Crippen LogP) is 2.57. The van der Waals surface area contributed by atoms with Gasteiger partial charge in [-0.2, -0.15) is 0 Å². The van der Waals surface area contributed by atoms with E-state index in [1.807, 2.05) is 6.92 Å². The molecule has 3 heteroatoms. The smallest absolute Gasteiger partial charge is 0.0438 e. The average Bonchev–Trinajstić information content (AvgIpc) is 2.71. The minimum atomic E-state index is 0.556. The molecule has 16 heavy (non-hydrogen) atoms. The van der Waals surface area contributed by atoms with Gasteiger partial charge in [-0.15, -0.1) is 0 Å². The van der Waals surface area contributed by atoms with Crippen molar-refractivity contribution in [3.05, 3.63) is 34.3 Å². The summed E-state index contributed by atoms with van der Waals surface area (Å²) in [6.45, 7) is 4.93. The number of halogens is 1. The fourth-order valence-corrected chi connectivity index (χ4v) is 2.54. The van der Waals surface area contributed by atoms with Crippen molar-refractivity contribution >= 4 is 11.6 Å². The van der Waals surface area contributed by atoms with Crippen LogP contribution >= 0.6 is 11.6 Å². The van der Waals surface area contributed by atoms with Gasteiger partial charge >= 0.3 is 0 Å². The van der Waals surface area contributed by atoms with Gasteiger partial charge in [0.2, 0.25) is 0 Å². The molecule has 0 spiro atoms. The zero-order valence-electron chi connectivity index (χ0n) is 9.75. The van der Waals surface area contributed by atoms with Gasteiger partial charge in [0, 0.05) is 24.2 Å². The maximum atomic E-state index is 6.13. The fourth-order valence-electron chi connectivity index (χ4n) is 2.34. The molecule has 1 heterocycles. The molecule has 0 bridgehead atoms. The number of benzene rings is 1. The van der Waals surface area contributed by atoms with Crippen LogP contribution in [0.1, 0.15) is 24.0 Å². The number of rotatable bonds is 3. The molecule has 0 saturated carbocycles. The Morgan fingerprint density at radius 2 is 2.31 bits per heavy atom. The minimum absolute atomic E-state index is 0.556. The quantitative estimate of drug-likeness (QED) is 0.877. The Balaban J connectivity index is 2.05. The minimum Gasteiger partial charge on any atom is -0.329 e. The Kier molecular flexibility index (Phi) is 3.85. The third-order valence-electron chi connectivity index (χ3n) is 3.39. The van der Waals surface area contributed by atoms with Crippen molar-refractivity contribution in [3.8, 4) is 0 Å². The Morgan fingerprint density at radius 3 is 3.00 bits per heavy atom. The van der Waals surface area contributed by atoms with Crippen LogP contribution in [0, 0.1) is 6.92 Å². The van der Waals surface area contributed by atoms with Crippen molar-refractivity contribution < 1.29 is 0 Å². The highest BCUT2D eigenvalue weighted by molar-refractivity contribution is 6.31. The highest BCUT2D eigenvalue weighted by Crippen LogP contribution is 2.22. The maximum absolute atomic E-state index is 6.13. The van der Waals surface area contributed by atoms with Crippen LogP contribution in [0.2, 0.25) is 5.02 Å². The first kappa shape index (κ1) is 11.9. The van der Waals surface area contributed by atoms with E-state index in [0.717, 1.165) is 30.2 Å². The van der Waals surface area contributed by atoms with Crippen LogP contribution in [0.25, 0.3) is 0 Å². The molecule has 2 nitrogen and oxygen atoms in total. The van der Waals surface area contributed by atoms with Crippen LogP contribution in [0.4, 0.5) is 0 Å². The number of aryl methyl sites for hydroxylation is 1. The normalized spacial score (nSPS) is 21.6. The highest BCUT2D eigenvalue weighted by Gasteiger charge is 2.22. The summed E-state index contributed by atoms with van der Waals surface area (Å²) in [5.74, 6) is 0. The number of hydrogen-bond donors (Lipinski definition) is 1. The first-order chi connectivity index (χ1) is 7.70. The first-order valence-corrected chi connectivity index (χ1v) is 6.27. The standard InChI is InChI=1S/C13H19ClN2/c1-10-4-5-11(7-13(10)14)9-16-6-2-3-12(16)8-15/h4-5,7,12H,2-3,6,8-9,15H2,1H3. The van der Waals surface area contributed by atoms with Crippen LogP contribution < -0.4 is 5.73 Å². The lowest BCUT2D eigenvalue weighted by Crippen LogP contribution is -2.34. The predicted molar refractivity (Wildman–Crippen MR) is 68.7 cm³/mol. The summed E-state index contributed by atoms with van der Waals surface area (Å²) in [6, 6.07) is 6.88. The maximum Gasteiger partial charge on any atom is 0.0438 e. The molecule has 1 fully saturated rings. The second kappa shape index (κ2) is 5.17. The molecule has 1 aromatic rings. The van der Waals surface area contributed by atoms with Crippen molar-refractivity contribution in [2.24, 2.45) is 5.73 Å². The number of nitrogens with zero attached hydrogens (tertiary/aromatic N) is 1. The SMILES string of the molecule is Cc1ccc(CN2CCCC2CN)cc1Cl. The lowest BCUT2D eigenvalue weighted by Gasteiger charge is -2.23. The Hall–Kier alpha value is -0.570. The van der Waals surface area contributed by atoms with Crippen LogP contribution in [0.15, 0.2) is 18.2 Å². The van der Waals surface area contributed by atoms with Gasteiger partial charge in [-0.1, -0.05) is 23.7 Å². The Morgan fingerprint density at radius 1 is 1.50 bits per heavy atom. The lowest BCUT2D eigenvalue weighted by molar-refractivity contribution is 0.250. The van der Waals surface area contributed by atoms with E-state index in [4.69, 9.17) is 17.3 Å². The Bertz CT molecular complexity index is 365. The molecule has 88 valence electrons. The van der Waals surface area contributed by atoms with E-state index >= 15 is 0 Å². The number of nitrogens with two attached hydrogens (primary N) is 1. The van der Waals surface area contributed by atoms with E-state index in [9.17, 15) is 0 Å². The summed E-state index contributed by atoms with van der Waals surface area (Å²) < 4.78 is 0. The molecule has 1 saturated heterocycles. The molecule has 1 aromatic carbocycles. The second-order valence-electron chi connectivity index (χ2n) is 4.59. The van der Waals surface area contributed by atoms with Gasteiger partial charge in [0.25, 0.3) is 0 Å². The van der Waals surface area contributed by atoms with Gasteiger partial charge in [0.1, 0.15) is 0 Å². The topological polar surface area (TPSA) is 29.3 Å². The zero-order chi connectivity index (χ0) is 11.5. The molecule has 0 radical (unpaired) electrons. The average molecular weight is 239 g/mol. The summed E-state index contributed by atoms with van der Waals surface area (Å²) in [5, 5.41) is 0.862. The summed E-state index contributed by atoms with van der Waals surface area (Å²) in [4.78, 5) is 2.46. The van der Waals surface area contributed by atoms with E-state index in [1.54, 1.807) is 0 Å². The molecule has 0 aromatic heterocycles. The molecule has 1 unspecified atom stereocenters. The molecular weight excluding hydrogens is 220 g/mol. The van der Waals surface area contributed by atoms with Gasteiger partial charge in [-0.25, -0.2) is 0 Å². The van der Waals surface area contributed by atoms with E-state index in [1.165, 1.54) is 18.4 Å². The van der Waals surface area contributed by atoms with Crippen molar-refractivity contribution in [3.63, 3.8) is 0 Å². The van der Waals surface area contributed by atoms with Gasteiger partial charge in [-0.05, 0) is 43.5 Å². The van der Waals surface area contributed by atoms with Crippen molar-refractivity contribution in [1.82, 2.24) is 4.90 Å². The van der Waals surface area contributed by atoms with Gasteiger partial charge < -0.3 is 5.73 Å². The third kappa shape index (κ3) is 2.57. The Labute approximate surface area is 102 Å². The van der Waals surface area contributed by atoms with Crippen LogP contribution in [-0.2, 0) is 6.54 Å². The molecule has 1 atom stereocenters. The van der Waals surface area contributed by atoms with Gasteiger partial charge in [0.05, 0.1) is 0 Å². The summed E-state index contributed by atoms with van der Waals surface area (Å²) in [5.41, 5.74) is 8.19. The van der Waals surface area contributed by atoms with E-state index in [-0.39, 0.29) is 0 Å². The second-order valence-corrected chi connectivity index (χ2v) is 4.99. The molecule has 2 rings (SSSR count). The third-order valence-corrected chi connectivity index (χ3v) is 3.80. The van der Waals surface area contributed by atoms with Crippen molar-refractivity contribution in [2.75, 3.05) is 13.1 Å². The highest BCUT2D eigenvalue weighted by atomic mass is 35.5. The van der Waals surface area contributed by atoms with Crippen LogP contribution in [0.3, 0.4) is 0 Å². The number of likely N-dealkylation sites (tertiary alicyclic amines) is 1.